The number of ether oxygens (including phenoxy) is 3. The first-order valence-electron chi connectivity index (χ1n) is 14.1. The van der Waals surface area contributed by atoms with Crippen LogP contribution >= 0.6 is 23.1 Å². The number of hydrogen-bond donors (Lipinski definition) is 2. The highest BCUT2D eigenvalue weighted by atomic mass is 32.2. The molecular weight excluding hydrogens is 622 g/mol. The number of furan rings is 1. The Hall–Kier alpha value is -4.63. The summed E-state index contributed by atoms with van der Waals surface area (Å²) in [5.74, 6) is -0.886. The number of rotatable bonds is 14. The van der Waals surface area contributed by atoms with Gasteiger partial charge in [-0.05, 0) is 76.6 Å². The summed E-state index contributed by atoms with van der Waals surface area (Å²) in [5, 5.41) is 14.0. The topological polar surface area (TPSA) is 164 Å². The maximum absolute atomic E-state index is 13.4. The number of aromatic nitrogens is 3. The molecule has 13 nitrogen and oxygen atoms in total. The summed E-state index contributed by atoms with van der Waals surface area (Å²) in [6, 6.07) is 10.4. The van der Waals surface area contributed by atoms with Gasteiger partial charge in [0.05, 0.1) is 43.4 Å². The van der Waals surface area contributed by atoms with Crippen LogP contribution in [-0.4, -0.2) is 63.6 Å². The van der Waals surface area contributed by atoms with E-state index < -0.39 is 29.0 Å². The van der Waals surface area contributed by atoms with Gasteiger partial charge < -0.3 is 29.3 Å². The van der Waals surface area contributed by atoms with E-state index >= 15 is 0 Å². The molecule has 45 heavy (non-hydrogen) atoms. The van der Waals surface area contributed by atoms with Crippen molar-refractivity contribution in [1.29, 1.82) is 0 Å². The summed E-state index contributed by atoms with van der Waals surface area (Å²) >= 11 is 2.07. The number of nitrogens with one attached hydrogen (secondary N) is 2. The third-order valence-corrected chi connectivity index (χ3v) is 8.46. The van der Waals surface area contributed by atoms with Gasteiger partial charge in [0, 0.05) is 5.69 Å². The molecule has 4 aromatic rings. The van der Waals surface area contributed by atoms with Crippen LogP contribution in [0.15, 0.2) is 52.2 Å². The van der Waals surface area contributed by atoms with Gasteiger partial charge in [0.2, 0.25) is 5.91 Å². The van der Waals surface area contributed by atoms with Crippen molar-refractivity contribution in [2.45, 2.75) is 51.6 Å². The normalized spacial score (nSPS) is 11.5. The van der Waals surface area contributed by atoms with Crippen LogP contribution in [0.1, 0.15) is 69.7 Å². The van der Waals surface area contributed by atoms with Gasteiger partial charge in [-0.15, -0.1) is 21.5 Å². The van der Waals surface area contributed by atoms with E-state index in [1.54, 1.807) is 56.5 Å². The molecule has 238 valence electrons. The van der Waals surface area contributed by atoms with E-state index in [0.717, 1.165) is 23.1 Å². The third-order valence-electron chi connectivity index (χ3n) is 6.23. The van der Waals surface area contributed by atoms with Gasteiger partial charge in [0.1, 0.15) is 15.6 Å². The molecule has 1 atom stereocenters. The highest BCUT2D eigenvalue weighted by Gasteiger charge is 2.29. The second kappa shape index (κ2) is 15.4. The van der Waals surface area contributed by atoms with E-state index in [1.807, 2.05) is 19.1 Å². The molecule has 3 heterocycles. The summed E-state index contributed by atoms with van der Waals surface area (Å²) in [5.41, 5.74) is 1.14. The smallest absolute Gasteiger partial charge is 0.348 e. The third kappa shape index (κ3) is 7.91. The SMILES string of the molecule is CCOC(=O)c1sc(NC(=O)C(C)Sc2nnc(CNC(=O)c3ccco3)n2-c2ccc(OCC)cc2)c(C(=O)OCC)c1C. The average Bonchev–Trinajstić information content (AvgIpc) is 3.76. The predicted molar refractivity (Wildman–Crippen MR) is 167 cm³/mol. The predicted octanol–water partition coefficient (Wildman–Crippen LogP) is 5.03. The molecule has 15 heteroatoms. The maximum atomic E-state index is 13.4. The highest BCUT2D eigenvalue weighted by Crippen LogP contribution is 2.35. The van der Waals surface area contributed by atoms with Crippen molar-refractivity contribution >= 4 is 51.9 Å². The van der Waals surface area contributed by atoms with Crippen molar-refractivity contribution in [3.63, 3.8) is 0 Å². The van der Waals surface area contributed by atoms with Crippen LogP contribution in [0.4, 0.5) is 5.00 Å². The number of nitrogens with zero attached hydrogens (tertiary/aromatic N) is 3. The molecule has 0 aliphatic rings. The zero-order valence-corrected chi connectivity index (χ0v) is 27.0. The number of benzene rings is 1. The van der Waals surface area contributed by atoms with E-state index in [1.165, 1.54) is 6.26 Å². The number of esters is 2. The lowest BCUT2D eigenvalue weighted by Crippen LogP contribution is -2.25. The van der Waals surface area contributed by atoms with E-state index in [9.17, 15) is 19.2 Å². The molecule has 0 fully saturated rings. The summed E-state index contributed by atoms with van der Waals surface area (Å²) in [4.78, 5) is 51.5. The second-order valence-electron chi connectivity index (χ2n) is 9.27. The van der Waals surface area contributed by atoms with Gasteiger partial charge in [-0.2, -0.15) is 0 Å². The molecule has 2 N–H and O–H groups in total. The Morgan fingerprint density at radius 1 is 1.00 bits per heavy atom. The minimum atomic E-state index is -0.732. The van der Waals surface area contributed by atoms with Crippen LogP contribution in [-0.2, 0) is 20.8 Å². The average molecular weight is 656 g/mol. The number of carbonyl (C=O) groups is 4. The van der Waals surface area contributed by atoms with Gasteiger partial charge in [0.15, 0.2) is 16.7 Å². The maximum Gasteiger partial charge on any atom is 0.348 e. The molecule has 3 aromatic heterocycles. The fourth-order valence-electron chi connectivity index (χ4n) is 4.13. The lowest BCUT2D eigenvalue weighted by molar-refractivity contribution is -0.115. The Kier molecular flexibility index (Phi) is 11.4. The number of amides is 2. The van der Waals surface area contributed by atoms with Crippen LogP contribution in [0.3, 0.4) is 0 Å². The van der Waals surface area contributed by atoms with Crippen LogP contribution in [0.25, 0.3) is 5.69 Å². The van der Waals surface area contributed by atoms with Crippen LogP contribution in [0.2, 0.25) is 0 Å². The Morgan fingerprint density at radius 2 is 1.71 bits per heavy atom. The Morgan fingerprint density at radius 3 is 2.36 bits per heavy atom. The Labute approximate surface area is 267 Å². The molecular formula is C30H33N5O8S2. The van der Waals surface area contributed by atoms with Gasteiger partial charge in [0.25, 0.3) is 5.91 Å². The Bertz CT molecular complexity index is 1650. The van der Waals surface area contributed by atoms with Gasteiger partial charge >= 0.3 is 11.9 Å². The fraction of sp³-hybridized carbons (Fsp3) is 0.333. The number of thioether (sulfide) groups is 1. The molecule has 0 saturated carbocycles. The second-order valence-corrected chi connectivity index (χ2v) is 11.6. The lowest BCUT2D eigenvalue weighted by Gasteiger charge is -2.15. The van der Waals surface area contributed by atoms with Crippen molar-refractivity contribution < 1.29 is 37.8 Å². The standard InChI is InChI=1S/C30H33N5O8S2/c1-6-40-20-13-11-19(12-14-20)35-22(16-31-26(37)21-10-9-15-43-21)33-34-30(35)44-18(5)25(36)32-27-23(28(38)41-7-2)17(4)24(45-27)29(39)42-8-3/h9-15,18H,6-8,16H2,1-5H3,(H,31,37)(H,32,36). The van der Waals surface area contributed by atoms with Gasteiger partial charge in [-0.25, -0.2) is 9.59 Å². The van der Waals surface area contributed by atoms with Crippen molar-refractivity contribution in [2.24, 2.45) is 0 Å². The molecule has 1 unspecified atom stereocenters. The molecule has 0 bridgehead atoms. The molecule has 0 saturated heterocycles. The van der Waals surface area contributed by atoms with E-state index in [0.29, 0.717) is 34.6 Å². The van der Waals surface area contributed by atoms with E-state index in [4.69, 9.17) is 18.6 Å². The minimum absolute atomic E-state index is 0.0227. The first-order valence-corrected chi connectivity index (χ1v) is 15.8. The minimum Gasteiger partial charge on any atom is -0.494 e. The van der Waals surface area contributed by atoms with Gasteiger partial charge in [-0.1, -0.05) is 11.8 Å². The Balaban J connectivity index is 1.59. The fourth-order valence-corrected chi connectivity index (χ4v) is 6.11. The van der Waals surface area contributed by atoms with Crippen molar-refractivity contribution in [3.05, 3.63) is 70.3 Å². The molecule has 0 aliphatic heterocycles. The number of anilines is 1. The number of thiophene rings is 1. The number of carbonyl (C=O) groups excluding carboxylic acids is 4. The lowest BCUT2D eigenvalue weighted by atomic mass is 10.1. The quantitative estimate of drug-likeness (QED) is 0.138. The molecule has 0 spiro atoms. The summed E-state index contributed by atoms with van der Waals surface area (Å²) in [6.45, 7) is 9.32. The molecule has 0 radical (unpaired) electrons. The zero-order chi connectivity index (χ0) is 32.5. The van der Waals surface area contributed by atoms with Crippen molar-refractivity contribution in [2.75, 3.05) is 25.1 Å². The first kappa shape index (κ1) is 33.3. The largest absolute Gasteiger partial charge is 0.494 e. The molecule has 0 aliphatic carbocycles. The monoisotopic (exact) mass is 655 g/mol. The summed E-state index contributed by atoms with van der Waals surface area (Å²) in [7, 11) is 0. The van der Waals surface area contributed by atoms with E-state index in [-0.39, 0.29) is 41.0 Å². The first-order chi connectivity index (χ1) is 21.7. The van der Waals surface area contributed by atoms with Crippen LogP contribution in [0.5, 0.6) is 5.75 Å². The summed E-state index contributed by atoms with van der Waals surface area (Å²) in [6.07, 6.45) is 1.41. The van der Waals surface area contributed by atoms with E-state index in [2.05, 4.69) is 20.8 Å². The molecule has 1 aromatic carbocycles. The summed E-state index contributed by atoms with van der Waals surface area (Å²) < 4.78 is 22.8. The van der Waals surface area contributed by atoms with Crippen molar-refractivity contribution in [3.8, 4) is 11.4 Å². The molecule has 2 amide bonds. The van der Waals surface area contributed by atoms with Crippen LogP contribution < -0.4 is 15.4 Å². The van der Waals surface area contributed by atoms with Crippen molar-refractivity contribution in [1.82, 2.24) is 20.1 Å². The zero-order valence-electron chi connectivity index (χ0n) is 25.4. The number of hydrogen-bond acceptors (Lipinski definition) is 12. The van der Waals surface area contributed by atoms with Gasteiger partial charge in [-0.3, -0.25) is 14.2 Å². The highest BCUT2D eigenvalue weighted by molar-refractivity contribution is 8.00. The van der Waals surface area contributed by atoms with Crippen LogP contribution in [0, 0.1) is 6.92 Å². The molecule has 4 rings (SSSR count).